The molecule has 0 fully saturated rings. The maximum absolute atomic E-state index is 12.4. The van der Waals surface area contributed by atoms with Gasteiger partial charge in [-0.25, -0.2) is 9.97 Å². The van der Waals surface area contributed by atoms with Gasteiger partial charge in [0.2, 0.25) is 5.95 Å². The fourth-order valence-electron chi connectivity index (χ4n) is 2.31. The van der Waals surface area contributed by atoms with Gasteiger partial charge in [0.15, 0.2) is 0 Å². The smallest absolute Gasteiger partial charge is 0.274 e. The van der Waals surface area contributed by atoms with Crippen molar-refractivity contribution in [3.8, 4) is 0 Å². The molecule has 1 aromatic carbocycles. The Hall–Kier alpha value is -2.47. The third-order valence-electron chi connectivity index (χ3n) is 3.79. The first-order valence-electron chi connectivity index (χ1n) is 8.58. The standard InChI is InChI=1S/C19H27N5O/c1-14(2)15-6-8-16(9-7-15)22-18(25)17-10-12-21-19(23-17)20-11-5-13-24(3)4/h6-10,12,14H,5,11,13H2,1-4H3,(H,22,25)(H,20,21,23). The lowest BCUT2D eigenvalue weighted by molar-refractivity contribution is 0.102. The Labute approximate surface area is 149 Å². The predicted molar refractivity (Wildman–Crippen MR) is 102 cm³/mol. The SMILES string of the molecule is CC(C)c1ccc(NC(=O)c2ccnc(NCCCN(C)C)n2)cc1. The average Bonchev–Trinajstić information content (AvgIpc) is 2.59. The van der Waals surface area contributed by atoms with Gasteiger partial charge in [0.05, 0.1) is 0 Å². The lowest BCUT2D eigenvalue weighted by atomic mass is 10.0. The first kappa shape index (κ1) is 18.9. The van der Waals surface area contributed by atoms with Crippen LogP contribution in [0.4, 0.5) is 11.6 Å². The normalized spacial score (nSPS) is 11.0. The van der Waals surface area contributed by atoms with Crippen LogP contribution in [0, 0.1) is 0 Å². The molecule has 0 aliphatic rings. The monoisotopic (exact) mass is 341 g/mol. The molecule has 6 heteroatoms. The molecular formula is C19H27N5O. The maximum Gasteiger partial charge on any atom is 0.274 e. The first-order valence-corrected chi connectivity index (χ1v) is 8.58. The second-order valence-corrected chi connectivity index (χ2v) is 6.58. The van der Waals surface area contributed by atoms with Crippen molar-refractivity contribution in [3.63, 3.8) is 0 Å². The van der Waals surface area contributed by atoms with Gasteiger partial charge < -0.3 is 15.5 Å². The minimum Gasteiger partial charge on any atom is -0.354 e. The van der Waals surface area contributed by atoms with Crippen LogP contribution in [-0.2, 0) is 0 Å². The molecule has 0 saturated heterocycles. The lowest BCUT2D eigenvalue weighted by Gasteiger charge is -2.10. The van der Waals surface area contributed by atoms with Gasteiger partial charge in [0.1, 0.15) is 5.69 Å². The minimum absolute atomic E-state index is 0.240. The molecule has 25 heavy (non-hydrogen) atoms. The third-order valence-corrected chi connectivity index (χ3v) is 3.79. The van der Waals surface area contributed by atoms with E-state index in [9.17, 15) is 4.79 Å². The van der Waals surface area contributed by atoms with Crippen molar-refractivity contribution in [1.82, 2.24) is 14.9 Å². The van der Waals surface area contributed by atoms with Gasteiger partial charge in [-0.05, 0) is 56.7 Å². The van der Waals surface area contributed by atoms with Crippen LogP contribution in [-0.4, -0.2) is 48.0 Å². The van der Waals surface area contributed by atoms with E-state index >= 15 is 0 Å². The molecule has 1 heterocycles. The predicted octanol–water partition coefficient (Wildman–Crippen LogP) is 3.22. The van der Waals surface area contributed by atoms with Crippen molar-refractivity contribution in [2.24, 2.45) is 0 Å². The molecule has 0 radical (unpaired) electrons. The van der Waals surface area contributed by atoms with Crippen LogP contribution in [0.5, 0.6) is 0 Å². The number of carbonyl (C=O) groups is 1. The summed E-state index contributed by atoms with van der Waals surface area (Å²) in [6.07, 6.45) is 2.58. The Morgan fingerprint density at radius 1 is 1.16 bits per heavy atom. The fourth-order valence-corrected chi connectivity index (χ4v) is 2.31. The quantitative estimate of drug-likeness (QED) is 0.722. The fraction of sp³-hybridized carbons (Fsp3) is 0.421. The van der Waals surface area contributed by atoms with E-state index in [0.29, 0.717) is 17.6 Å². The molecule has 0 aliphatic carbocycles. The van der Waals surface area contributed by atoms with Crippen molar-refractivity contribution in [2.75, 3.05) is 37.8 Å². The zero-order chi connectivity index (χ0) is 18.2. The van der Waals surface area contributed by atoms with Crippen LogP contribution in [0.3, 0.4) is 0 Å². The van der Waals surface area contributed by atoms with Crippen LogP contribution >= 0.6 is 0 Å². The highest BCUT2D eigenvalue weighted by Gasteiger charge is 2.09. The molecule has 0 spiro atoms. The Kier molecular flexibility index (Phi) is 6.89. The highest BCUT2D eigenvalue weighted by molar-refractivity contribution is 6.02. The highest BCUT2D eigenvalue weighted by atomic mass is 16.1. The number of amides is 1. The summed E-state index contributed by atoms with van der Waals surface area (Å²) in [5.41, 5.74) is 2.34. The summed E-state index contributed by atoms with van der Waals surface area (Å²) in [7, 11) is 4.07. The molecule has 1 aromatic heterocycles. The second-order valence-electron chi connectivity index (χ2n) is 6.58. The summed E-state index contributed by atoms with van der Waals surface area (Å²) in [4.78, 5) is 22.9. The molecule has 0 saturated carbocycles. The van der Waals surface area contributed by atoms with Gasteiger partial charge in [-0.2, -0.15) is 0 Å². The summed E-state index contributed by atoms with van der Waals surface area (Å²) in [6.45, 7) is 6.03. The molecule has 134 valence electrons. The van der Waals surface area contributed by atoms with Gasteiger partial charge in [0, 0.05) is 18.4 Å². The van der Waals surface area contributed by atoms with Gasteiger partial charge in [-0.3, -0.25) is 4.79 Å². The van der Waals surface area contributed by atoms with E-state index in [4.69, 9.17) is 0 Å². The summed E-state index contributed by atoms with van der Waals surface area (Å²) in [6, 6.07) is 9.49. The minimum atomic E-state index is -0.240. The largest absolute Gasteiger partial charge is 0.354 e. The molecule has 0 atom stereocenters. The number of hydrogen-bond acceptors (Lipinski definition) is 5. The molecule has 1 amide bonds. The molecule has 0 unspecified atom stereocenters. The molecule has 6 nitrogen and oxygen atoms in total. The summed E-state index contributed by atoms with van der Waals surface area (Å²) in [5.74, 6) is 0.699. The van der Waals surface area contributed by atoms with E-state index in [0.717, 1.165) is 25.2 Å². The van der Waals surface area contributed by atoms with Crippen molar-refractivity contribution < 1.29 is 4.79 Å². The van der Waals surface area contributed by atoms with Crippen LogP contribution in [0.25, 0.3) is 0 Å². The van der Waals surface area contributed by atoms with E-state index in [1.165, 1.54) is 5.56 Å². The molecular weight excluding hydrogens is 314 g/mol. The number of nitrogens with zero attached hydrogens (tertiary/aromatic N) is 3. The topological polar surface area (TPSA) is 70.2 Å². The van der Waals surface area contributed by atoms with E-state index < -0.39 is 0 Å². The number of aromatic nitrogens is 2. The van der Waals surface area contributed by atoms with E-state index in [2.05, 4.69) is 39.3 Å². The molecule has 2 N–H and O–H groups in total. The zero-order valence-corrected chi connectivity index (χ0v) is 15.4. The van der Waals surface area contributed by atoms with Crippen molar-refractivity contribution in [3.05, 3.63) is 47.8 Å². The summed E-state index contributed by atoms with van der Waals surface area (Å²) >= 11 is 0. The number of rotatable bonds is 8. The summed E-state index contributed by atoms with van der Waals surface area (Å²) in [5, 5.41) is 6.02. The summed E-state index contributed by atoms with van der Waals surface area (Å²) < 4.78 is 0. The van der Waals surface area contributed by atoms with E-state index in [-0.39, 0.29) is 5.91 Å². The Balaban J connectivity index is 1.93. The molecule has 0 aliphatic heterocycles. The van der Waals surface area contributed by atoms with Crippen molar-refractivity contribution in [2.45, 2.75) is 26.2 Å². The van der Waals surface area contributed by atoms with Crippen LogP contribution in [0.2, 0.25) is 0 Å². The zero-order valence-electron chi connectivity index (χ0n) is 15.4. The Morgan fingerprint density at radius 2 is 1.88 bits per heavy atom. The van der Waals surface area contributed by atoms with E-state index in [1.54, 1.807) is 12.3 Å². The number of benzene rings is 1. The average molecular weight is 341 g/mol. The third kappa shape index (κ3) is 6.15. The Bertz CT molecular complexity index is 682. The van der Waals surface area contributed by atoms with Gasteiger partial charge in [-0.1, -0.05) is 26.0 Å². The highest BCUT2D eigenvalue weighted by Crippen LogP contribution is 2.17. The van der Waals surface area contributed by atoms with Crippen LogP contribution in [0.15, 0.2) is 36.5 Å². The second kappa shape index (κ2) is 9.13. The number of carbonyl (C=O) groups excluding carboxylic acids is 1. The maximum atomic E-state index is 12.4. The van der Waals surface area contributed by atoms with E-state index in [1.807, 2.05) is 38.4 Å². The molecule has 2 aromatic rings. The van der Waals surface area contributed by atoms with Crippen molar-refractivity contribution >= 4 is 17.5 Å². The van der Waals surface area contributed by atoms with Crippen LogP contribution in [0.1, 0.15) is 42.2 Å². The first-order chi connectivity index (χ1) is 12.0. The molecule has 0 bridgehead atoms. The number of nitrogens with one attached hydrogen (secondary N) is 2. The lowest BCUT2D eigenvalue weighted by Crippen LogP contribution is -2.18. The van der Waals surface area contributed by atoms with Gasteiger partial charge in [0.25, 0.3) is 5.91 Å². The van der Waals surface area contributed by atoms with Gasteiger partial charge >= 0.3 is 0 Å². The Morgan fingerprint density at radius 3 is 2.52 bits per heavy atom. The number of anilines is 2. The van der Waals surface area contributed by atoms with Crippen molar-refractivity contribution in [1.29, 1.82) is 0 Å². The van der Waals surface area contributed by atoms with Crippen LogP contribution < -0.4 is 10.6 Å². The molecule has 2 rings (SSSR count). The number of hydrogen-bond donors (Lipinski definition) is 2. The van der Waals surface area contributed by atoms with Gasteiger partial charge in [-0.15, -0.1) is 0 Å².